The van der Waals surface area contributed by atoms with Crippen molar-refractivity contribution < 1.29 is 9.59 Å². The zero-order valence-corrected chi connectivity index (χ0v) is 9.40. The van der Waals surface area contributed by atoms with Crippen molar-refractivity contribution in [3.05, 3.63) is 35.4 Å². The van der Waals surface area contributed by atoms with Gasteiger partial charge in [0.25, 0.3) is 0 Å². The lowest BCUT2D eigenvalue weighted by atomic mass is 10.1. The SMILES string of the molecule is NC(=O)NCCNCc1ccc(C(N)=O)cc1. The highest BCUT2D eigenvalue weighted by atomic mass is 16.2. The van der Waals surface area contributed by atoms with Gasteiger partial charge in [-0.25, -0.2) is 4.79 Å². The van der Waals surface area contributed by atoms with Crippen LogP contribution in [0, 0.1) is 0 Å². The Balaban J connectivity index is 2.27. The fraction of sp³-hybridized carbons (Fsp3) is 0.273. The summed E-state index contributed by atoms with van der Waals surface area (Å²) in [5.74, 6) is -0.435. The van der Waals surface area contributed by atoms with Gasteiger partial charge in [0, 0.05) is 25.2 Å². The molecule has 0 aliphatic carbocycles. The van der Waals surface area contributed by atoms with Gasteiger partial charge in [-0.1, -0.05) is 12.1 Å². The molecule has 0 aliphatic rings. The minimum absolute atomic E-state index is 0.435. The molecule has 0 bridgehead atoms. The van der Waals surface area contributed by atoms with Gasteiger partial charge in [0.2, 0.25) is 5.91 Å². The van der Waals surface area contributed by atoms with Crippen molar-refractivity contribution in [3.8, 4) is 0 Å². The molecule has 6 N–H and O–H groups in total. The molecule has 0 heterocycles. The van der Waals surface area contributed by atoms with Crippen LogP contribution in [0.5, 0.6) is 0 Å². The Kier molecular flexibility index (Phi) is 4.96. The Morgan fingerprint density at radius 3 is 2.24 bits per heavy atom. The highest BCUT2D eigenvalue weighted by Crippen LogP contribution is 2.03. The minimum Gasteiger partial charge on any atom is -0.366 e. The number of carbonyl (C=O) groups is 2. The number of benzene rings is 1. The topological polar surface area (TPSA) is 110 Å². The van der Waals surface area contributed by atoms with Crippen LogP contribution in [-0.4, -0.2) is 25.0 Å². The third kappa shape index (κ3) is 4.98. The normalized spacial score (nSPS) is 9.88. The molecule has 1 aromatic carbocycles. The second-order valence-electron chi connectivity index (χ2n) is 3.53. The van der Waals surface area contributed by atoms with E-state index in [1.807, 2.05) is 12.1 Å². The van der Waals surface area contributed by atoms with Crippen LogP contribution in [0.3, 0.4) is 0 Å². The van der Waals surface area contributed by atoms with Gasteiger partial charge in [-0.05, 0) is 17.7 Å². The third-order valence-electron chi connectivity index (χ3n) is 2.17. The Bertz CT molecular complexity index is 389. The lowest BCUT2D eigenvalue weighted by molar-refractivity contribution is 0.1000. The van der Waals surface area contributed by atoms with Crippen molar-refractivity contribution in [1.29, 1.82) is 0 Å². The quantitative estimate of drug-likeness (QED) is 0.502. The molecular formula is C11H16N4O2. The van der Waals surface area contributed by atoms with Crippen LogP contribution in [0.15, 0.2) is 24.3 Å². The number of urea groups is 1. The maximum atomic E-state index is 10.8. The van der Waals surface area contributed by atoms with Crippen molar-refractivity contribution in [2.45, 2.75) is 6.54 Å². The molecule has 0 saturated carbocycles. The second-order valence-corrected chi connectivity index (χ2v) is 3.53. The van der Waals surface area contributed by atoms with Gasteiger partial charge in [0.05, 0.1) is 0 Å². The Morgan fingerprint density at radius 2 is 1.71 bits per heavy atom. The Labute approximate surface area is 99.4 Å². The van der Waals surface area contributed by atoms with Gasteiger partial charge < -0.3 is 22.1 Å². The van der Waals surface area contributed by atoms with Crippen molar-refractivity contribution in [2.75, 3.05) is 13.1 Å². The fourth-order valence-electron chi connectivity index (χ4n) is 1.29. The van der Waals surface area contributed by atoms with Gasteiger partial charge in [0.15, 0.2) is 0 Å². The fourth-order valence-corrected chi connectivity index (χ4v) is 1.29. The zero-order chi connectivity index (χ0) is 12.7. The first-order valence-corrected chi connectivity index (χ1v) is 5.22. The maximum absolute atomic E-state index is 10.8. The molecule has 3 amide bonds. The van der Waals surface area contributed by atoms with Gasteiger partial charge in [-0.3, -0.25) is 4.79 Å². The molecule has 1 aromatic rings. The number of nitrogens with two attached hydrogens (primary N) is 2. The van der Waals surface area contributed by atoms with Crippen LogP contribution >= 0.6 is 0 Å². The average Bonchev–Trinajstić information content (AvgIpc) is 2.29. The summed E-state index contributed by atoms with van der Waals surface area (Å²) >= 11 is 0. The Morgan fingerprint density at radius 1 is 1.06 bits per heavy atom. The molecule has 0 aromatic heterocycles. The molecule has 6 heteroatoms. The van der Waals surface area contributed by atoms with Gasteiger partial charge in [-0.2, -0.15) is 0 Å². The molecule has 0 aliphatic heterocycles. The summed E-state index contributed by atoms with van der Waals surface area (Å²) in [7, 11) is 0. The van der Waals surface area contributed by atoms with E-state index < -0.39 is 11.9 Å². The van der Waals surface area contributed by atoms with Gasteiger partial charge in [0.1, 0.15) is 0 Å². The number of amides is 3. The van der Waals surface area contributed by atoms with E-state index in [1.165, 1.54) is 0 Å². The van der Waals surface area contributed by atoms with Crippen LogP contribution in [0.1, 0.15) is 15.9 Å². The zero-order valence-electron chi connectivity index (χ0n) is 9.40. The predicted molar refractivity (Wildman–Crippen MR) is 64.3 cm³/mol. The summed E-state index contributed by atoms with van der Waals surface area (Å²) in [6, 6.07) is 6.49. The van der Waals surface area contributed by atoms with Crippen LogP contribution in [0.25, 0.3) is 0 Å². The van der Waals surface area contributed by atoms with E-state index in [9.17, 15) is 9.59 Å². The van der Waals surface area contributed by atoms with E-state index in [1.54, 1.807) is 12.1 Å². The summed E-state index contributed by atoms with van der Waals surface area (Å²) in [5, 5.41) is 5.59. The van der Waals surface area contributed by atoms with Crippen LogP contribution in [-0.2, 0) is 6.54 Å². The number of primary amides is 2. The van der Waals surface area contributed by atoms with Crippen molar-refractivity contribution in [2.24, 2.45) is 11.5 Å². The lowest BCUT2D eigenvalue weighted by Gasteiger charge is -2.05. The van der Waals surface area contributed by atoms with E-state index in [0.29, 0.717) is 25.2 Å². The largest absolute Gasteiger partial charge is 0.366 e. The van der Waals surface area contributed by atoms with E-state index in [0.717, 1.165) is 5.56 Å². The average molecular weight is 236 g/mol. The first-order valence-electron chi connectivity index (χ1n) is 5.22. The Hall–Kier alpha value is -2.08. The van der Waals surface area contributed by atoms with E-state index in [2.05, 4.69) is 10.6 Å². The summed E-state index contributed by atoms with van der Waals surface area (Å²) in [5.41, 5.74) is 11.6. The first kappa shape index (κ1) is 13.0. The predicted octanol–water partition coefficient (Wildman–Crippen LogP) is -0.457. The molecule has 0 atom stereocenters. The summed E-state index contributed by atoms with van der Waals surface area (Å²) < 4.78 is 0. The molecule has 0 radical (unpaired) electrons. The molecule has 92 valence electrons. The smallest absolute Gasteiger partial charge is 0.312 e. The number of rotatable bonds is 6. The molecule has 1 rings (SSSR count). The number of carbonyl (C=O) groups excluding carboxylic acids is 2. The molecule has 17 heavy (non-hydrogen) atoms. The summed E-state index contributed by atoms with van der Waals surface area (Å²) in [6.07, 6.45) is 0. The monoisotopic (exact) mass is 236 g/mol. The van der Waals surface area contributed by atoms with Crippen molar-refractivity contribution in [3.63, 3.8) is 0 Å². The van der Waals surface area contributed by atoms with Gasteiger partial charge in [-0.15, -0.1) is 0 Å². The maximum Gasteiger partial charge on any atom is 0.312 e. The molecule has 6 nitrogen and oxygen atoms in total. The van der Waals surface area contributed by atoms with Crippen molar-refractivity contribution in [1.82, 2.24) is 10.6 Å². The summed E-state index contributed by atoms with van der Waals surface area (Å²) in [4.78, 5) is 21.2. The third-order valence-corrected chi connectivity index (χ3v) is 2.17. The van der Waals surface area contributed by atoms with Crippen LogP contribution in [0.2, 0.25) is 0 Å². The molecule has 0 saturated heterocycles. The van der Waals surface area contributed by atoms with Crippen molar-refractivity contribution >= 4 is 11.9 Å². The van der Waals surface area contributed by atoms with E-state index in [4.69, 9.17) is 11.5 Å². The molecule has 0 unspecified atom stereocenters. The number of hydrogen-bond donors (Lipinski definition) is 4. The number of nitrogens with one attached hydrogen (secondary N) is 2. The number of hydrogen-bond acceptors (Lipinski definition) is 3. The van der Waals surface area contributed by atoms with Gasteiger partial charge >= 0.3 is 6.03 Å². The molecule has 0 spiro atoms. The van der Waals surface area contributed by atoms with Crippen LogP contribution < -0.4 is 22.1 Å². The lowest BCUT2D eigenvalue weighted by Crippen LogP contribution is -2.35. The first-order chi connectivity index (χ1) is 8.09. The minimum atomic E-state index is -0.530. The highest BCUT2D eigenvalue weighted by molar-refractivity contribution is 5.92. The molecular weight excluding hydrogens is 220 g/mol. The second kappa shape index (κ2) is 6.49. The van der Waals surface area contributed by atoms with E-state index in [-0.39, 0.29) is 0 Å². The standard InChI is InChI=1S/C11H16N4O2/c12-10(16)9-3-1-8(2-4-9)7-14-5-6-15-11(13)17/h1-4,14H,5-7H2,(H2,12,16)(H3,13,15,17). The van der Waals surface area contributed by atoms with Crippen LogP contribution in [0.4, 0.5) is 4.79 Å². The summed E-state index contributed by atoms with van der Waals surface area (Å²) in [6.45, 7) is 1.76. The highest BCUT2D eigenvalue weighted by Gasteiger charge is 1.99. The van der Waals surface area contributed by atoms with E-state index >= 15 is 0 Å². The molecule has 0 fully saturated rings.